The van der Waals surface area contributed by atoms with Crippen LogP contribution in [-0.4, -0.2) is 40.0 Å². The molecule has 0 amide bonds. The number of fused-ring (bicyclic) bond motifs is 1. The predicted molar refractivity (Wildman–Crippen MR) is 118 cm³/mol. The van der Waals surface area contributed by atoms with Gasteiger partial charge in [-0.25, -0.2) is 32.2 Å². The number of rotatable bonds is 5. The lowest BCUT2D eigenvalue weighted by Crippen LogP contribution is -2.19. The summed E-state index contributed by atoms with van der Waals surface area (Å²) in [7, 11) is -4.13. The van der Waals surface area contributed by atoms with Crippen molar-refractivity contribution in [2.24, 2.45) is 0 Å². The zero-order chi connectivity index (χ0) is 25.5. The van der Waals surface area contributed by atoms with Crippen molar-refractivity contribution in [1.82, 2.24) is 25.0 Å². The molecule has 186 valence electrons. The fourth-order valence-electron chi connectivity index (χ4n) is 3.95. The minimum absolute atomic E-state index is 0.154. The van der Waals surface area contributed by atoms with Gasteiger partial charge in [0.25, 0.3) is 10.0 Å². The van der Waals surface area contributed by atoms with Gasteiger partial charge >= 0.3 is 6.18 Å². The van der Waals surface area contributed by atoms with E-state index in [4.69, 9.17) is 4.74 Å². The van der Waals surface area contributed by atoms with Crippen LogP contribution < -0.4 is 9.46 Å². The summed E-state index contributed by atoms with van der Waals surface area (Å²) in [6.07, 6.45) is 0.333. The summed E-state index contributed by atoms with van der Waals surface area (Å²) in [4.78, 5) is 7.02. The summed E-state index contributed by atoms with van der Waals surface area (Å²) < 4.78 is 87.9. The van der Waals surface area contributed by atoms with Gasteiger partial charge in [0, 0.05) is 17.5 Å². The Morgan fingerprint density at radius 2 is 1.81 bits per heavy atom. The van der Waals surface area contributed by atoms with Gasteiger partial charge in [-0.05, 0) is 30.2 Å². The molecule has 1 aliphatic rings. The number of sulfonamides is 1. The molecule has 1 N–H and O–H groups in total. The smallest absolute Gasteiger partial charge is 0.416 e. The third-order valence-electron chi connectivity index (χ3n) is 5.58. The Bertz CT molecular complexity index is 1510. The maximum absolute atomic E-state index is 13.4. The number of benzene rings is 2. The number of anilines is 1. The quantitative estimate of drug-likeness (QED) is 0.397. The van der Waals surface area contributed by atoms with Crippen molar-refractivity contribution in [3.8, 4) is 11.4 Å². The molecule has 0 saturated heterocycles. The monoisotopic (exact) mass is 520 g/mol. The van der Waals surface area contributed by atoms with Crippen LogP contribution in [0.3, 0.4) is 0 Å². The van der Waals surface area contributed by atoms with Crippen LogP contribution in [0.1, 0.15) is 29.0 Å². The van der Waals surface area contributed by atoms with Crippen LogP contribution in [0, 0.1) is 5.82 Å². The summed E-state index contributed by atoms with van der Waals surface area (Å²) >= 11 is 0. The van der Waals surface area contributed by atoms with Crippen LogP contribution >= 0.6 is 0 Å². The Kier molecular flexibility index (Phi) is 5.82. The number of hydrogen-bond acceptors (Lipinski definition) is 7. The lowest BCUT2D eigenvalue weighted by atomic mass is 9.85. The van der Waals surface area contributed by atoms with E-state index in [-0.39, 0.29) is 28.9 Å². The highest BCUT2D eigenvalue weighted by molar-refractivity contribution is 7.92. The van der Waals surface area contributed by atoms with Crippen molar-refractivity contribution >= 4 is 16.0 Å². The second kappa shape index (κ2) is 8.86. The van der Waals surface area contributed by atoms with Crippen molar-refractivity contribution in [2.45, 2.75) is 23.4 Å². The van der Waals surface area contributed by atoms with Crippen molar-refractivity contribution in [1.29, 1.82) is 0 Å². The Labute approximate surface area is 201 Å². The molecule has 2 aromatic heterocycles. The summed E-state index contributed by atoms with van der Waals surface area (Å²) in [6.45, 7) is 0.202. The molecule has 9 nitrogen and oxygen atoms in total. The highest BCUT2D eigenvalue weighted by Crippen LogP contribution is 2.42. The first-order valence-electron chi connectivity index (χ1n) is 10.5. The van der Waals surface area contributed by atoms with Crippen molar-refractivity contribution in [3.63, 3.8) is 0 Å². The first-order valence-corrected chi connectivity index (χ1v) is 11.9. The van der Waals surface area contributed by atoms with Gasteiger partial charge in [0.15, 0.2) is 5.82 Å². The topological polar surface area (TPSA) is 112 Å². The average Bonchev–Trinajstić information content (AvgIpc) is 3.39. The van der Waals surface area contributed by atoms with Crippen LogP contribution in [-0.2, 0) is 16.2 Å². The molecular weight excluding hydrogens is 504 g/mol. The molecule has 0 aliphatic carbocycles. The Hall–Kier alpha value is -4.07. The maximum Gasteiger partial charge on any atom is 0.416 e. The molecule has 2 aromatic carbocycles. The number of halogens is 4. The average molecular weight is 520 g/mol. The van der Waals surface area contributed by atoms with Crippen LogP contribution in [0.4, 0.5) is 23.5 Å². The summed E-state index contributed by atoms with van der Waals surface area (Å²) in [5.41, 5.74) is 0.511. The molecule has 0 spiro atoms. The molecular formula is C22H16F4N6O3S. The first-order chi connectivity index (χ1) is 17.1. The highest BCUT2D eigenvalue weighted by atomic mass is 32.2. The van der Waals surface area contributed by atoms with E-state index >= 15 is 0 Å². The summed E-state index contributed by atoms with van der Waals surface area (Å²) in [5.74, 6) is -1.17. The van der Waals surface area contributed by atoms with Gasteiger partial charge in [-0.15, -0.1) is 5.10 Å². The fourth-order valence-corrected chi connectivity index (χ4v) is 4.93. The molecule has 0 unspecified atom stereocenters. The Balaban J connectivity index is 1.53. The van der Waals surface area contributed by atoms with E-state index in [0.717, 1.165) is 24.5 Å². The number of alkyl halides is 3. The first kappa shape index (κ1) is 23.7. The molecule has 1 aliphatic heterocycles. The summed E-state index contributed by atoms with van der Waals surface area (Å²) in [6, 6.07) is 7.58. The minimum atomic E-state index is -4.55. The summed E-state index contributed by atoms with van der Waals surface area (Å²) in [5, 5.41) is 7.56. The lowest BCUT2D eigenvalue weighted by molar-refractivity contribution is -0.137. The third kappa shape index (κ3) is 4.58. The maximum atomic E-state index is 13.4. The van der Waals surface area contributed by atoms with E-state index < -0.39 is 33.5 Å². The van der Waals surface area contributed by atoms with Gasteiger partial charge in [-0.1, -0.05) is 17.3 Å². The normalized spacial score (nSPS) is 15.7. The van der Waals surface area contributed by atoms with Crippen LogP contribution in [0.15, 0.2) is 66.1 Å². The van der Waals surface area contributed by atoms with E-state index in [1.54, 1.807) is 6.07 Å². The third-order valence-corrected chi connectivity index (χ3v) is 6.91. The van der Waals surface area contributed by atoms with Gasteiger partial charge < -0.3 is 4.74 Å². The largest absolute Gasteiger partial charge is 0.493 e. The second-order valence-electron chi connectivity index (χ2n) is 7.84. The molecule has 4 aromatic rings. The lowest BCUT2D eigenvalue weighted by Gasteiger charge is -2.28. The number of nitrogens with one attached hydrogen (secondary N) is 1. The SMILES string of the molecule is O=S(=O)(Nc1ncc(F)cn1)c1ccc2c(c1)OCC[C@H]2c1ccc(C(F)(F)F)cc1-n1ccnn1. The minimum Gasteiger partial charge on any atom is -0.493 e. The molecule has 14 heteroatoms. The van der Waals surface area contributed by atoms with Crippen molar-refractivity contribution in [2.75, 3.05) is 11.3 Å². The molecule has 0 bridgehead atoms. The van der Waals surface area contributed by atoms with Crippen LogP contribution in [0.5, 0.6) is 5.75 Å². The van der Waals surface area contributed by atoms with Gasteiger partial charge in [0.1, 0.15) is 5.75 Å². The van der Waals surface area contributed by atoms with E-state index in [2.05, 4.69) is 25.0 Å². The second-order valence-corrected chi connectivity index (χ2v) is 9.52. The Morgan fingerprint density at radius 1 is 1.06 bits per heavy atom. The number of nitrogens with zero attached hydrogens (tertiary/aromatic N) is 5. The molecule has 3 heterocycles. The van der Waals surface area contributed by atoms with E-state index in [9.17, 15) is 26.0 Å². The zero-order valence-corrected chi connectivity index (χ0v) is 19.0. The van der Waals surface area contributed by atoms with Crippen LogP contribution in [0.25, 0.3) is 5.69 Å². The van der Waals surface area contributed by atoms with Gasteiger partial charge in [0.05, 0.1) is 47.5 Å². The standard InChI is InChI=1S/C22H16F4N6O3S/c23-14-11-27-21(28-12-14)30-36(33,34)15-2-4-18-16(5-8-35-20(18)10-15)17-3-1-13(22(24,25)26)9-19(17)32-7-6-29-31-32/h1-4,6-7,9-12,16H,5,8H2,(H,27,28,30)/t16-/m0/s1. The molecule has 0 saturated carbocycles. The molecule has 36 heavy (non-hydrogen) atoms. The molecule has 0 fully saturated rings. The molecule has 1 atom stereocenters. The van der Waals surface area contributed by atoms with Crippen molar-refractivity contribution < 1.29 is 30.7 Å². The number of aromatic nitrogens is 5. The zero-order valence-electron chi connectivity index (χ0n) is 18.1. The Morgan fingerprint density at radius 3 is 2.50 bits per heavy atom. The van der Waals surface area contributed by atoms with Gasteiger partial charge in [0.2, 0.25) is 5.95 Å². The molecule has 5 rings (SSSR count). The fraction of sp³-hybridized carbons (Fsp3) is 0.182. The van der Waals surface area contributed by atoms with E-state index in [1.807, 2.05) is 0 Å². The predicted octanol–water partition coefficient (Wildman–Crippen LogP) is 3.93. The highest BCUT2D eigenvalue weighted by Gasteiger charge is 2.33. The van der Waals surface area contributed by atoms with E-state index in [0.29, 0.717) is 17.5 Å². The van der Waals surface area contributed by atoms with Gasteiger partial charge in [-0.3, -0.25) is 0 Å². The number of ether oxygens (including phenoxy) is 1. The van der Waals surface area contributed by atoms with Gasteiger partial charge in [-0.2, -0.15) is 13.2 Å². The van der Waals surface area contributed by atoms with Crippen molar-refractivity contribution in [3.05, 3.63) is 83.7 Å². The van der Waals surface area contributed by atoms with E-state index in [1.165, 1.54) is 35.3 Å². The van der Waals surface area contributed by atoms with Crippen LogP contribution in [0.2, 0.25) is 0 Å². The number of hydrogen-bond donors (Lipinski definition) is 1. The molecule has 0 radical (unpaired) electrons.